The number of aromatic nitrogens is 2. The molecular formula is C30H20N2O. The summed E-state index contributed by atoms with van der Waals surface area (Å²) in [5, 5.41) is 2.46. The molecule has 2 heterocycles. The molecule has 0 atom stereocenters. The van der Waals surface area contributed by atoms with E-state index in [9.17, 15) is 0 Å². The van der Waals surface area contributed by atoms with Crippen LogP contribution in [-0.2, 0) is 0 Å². The van der Waals surface area contributed by atoms with Crippen molar-refractivity contribution in [1.29, 1.82) is 0 Å². The largest absolute Gasteiger partial charge is 0.453 e. The Kier molecular flexibility index (Phi) is 3.76. The van der Waals surface area contributed by atoms with Gasteiger partial charge in [0.2, 0.25) is 0 Å². The average molecular weight is 425 g/mol. The molecule has 0 saturated heterocycles. The van der Waals surface area contributed by atoms with E-state index in [0.717, 1.165) is 39.6 Å². The lowest BCUT2D eigenvalue weighted by Crippen LogP contribution is -2.05. The van der Waals surface area contributed by atoms with Gasteiger partial charge in [0.25, 0.3) is 0 Å². The standard InChI is InChI=1S/C30H20N2O/c1-19-31-26-8-5-9-28-30(26)32(19)27-15-14-25(18-29(27)33-28)24-13-12-22-16-21(10-11-23(22)17-24)20-6-3-2-4-7-20/h2-18H,1H3. The first kappa shape index (κ1) is 18.2. The number of ether oxygens (including phenoxy) is 1. The molecule has 1 aliphatic heterocycles. The van der Waals surface area contributed by atoms with Gasteiger partial charge in [-0.3, -0.25) is 4.57 Å². The Bertz CT molecular complexity index is 1700. The van der Waals surface area contributed by atoms with E-state index in [1.807, 2.05) is 25.1 Å². The van der Waals surface area contributed by atoms with Gasteiger partial charge in [-0.1, -0.05) is 66.7 Å². The molecule has 0 saturated carbocycles. The van der Waals surface area contributed by atoms with Crippen molar-refractivity contribution in [2.75, 3.05) is 0 Å². The Morgan fingerprint density at radius 3 is 2.09 bits per heavy atom. The molecule has 0 N–H and O–H groups in total. The number of hydrogen-bond acceptors (Lipinski definition) is 2. The summed E-state index contributed by atoms with van der Waals surface area (Å²) in [7, 11) is 0. The Labute approximate surface area is 191 Å². The van der Waals surface area contributed by atoms with E-state index in [0.29, 0.717) is 0 Å². The summed E-state index contributed by atoms with van der Waals surface area (Å²) < 4.78 is 8.51. The molecule has 0 amide bonds. The number of aryl methyl sites for hydroxylation is 1. The van der Waals surface area contributed by atoms with Gasteiger partial charge in [0, 0.05) is 0 Å². The van der Waals surface area contributed by atoms with Gasteiger partial charge in [-0.15, -0.1) is 0 Å². The molecule has 0 aliphatic carbocycles. The van der Waals surface area contributed by atoms with Crippen LogP contribution in [0.2, 0.25) is 0 Å². The fraction of sp³-hybridized carbons (Fsp3) is 0.0333. The average Bonchev–Trinajstić information content (AvgIpc) is 3.21. The minimum Gasteiger partial charge on any atom is -0.453 e. The number of hydrogen-bond donors (Lipinski definition) is 0. The van der Waals surface area contributed by atoms with Crippen LogP contribution in [0.3, 0.4) is 0 Å². The third kappa shape index (κ3) is 2.79. The van der Waals surface area contributed by atoms with Gasteiger partial charge in [0.15, 0.2) is 11.5 Å². The zero-order chi connectivity index (χ0) is 21.9. The molecule has 3 heteroatoms. The zero-order valence-electron chi connectivity index (χ0n) is 18.1. The molecule has 6 aromatic rings. The van der Waals surface area contributed by atoms with Crippen molar-refractivity contribution in [3.63, 3.8) is 0 Å². The summed E-state index contributed by atoms with van der Waals surface area (Å²) in [5.41, 5.74) is 7.81. The molecule has 0 radical (unpaired) electrons. The number of benzene rings is 5. The lowest BCUT2D eigenvalue weighted by atomic mass is 9.97. The summed E-state index contributed by atoms with van der Waals surface area (Å²) in [6.07, 6.45) is 0. The van der Waals surface area contributed by atoms with E-state index in [1.54, 1.807) is 0 Å². The van der Waals surface area contributed by atoms with Crippen LogP contribution in [0, 0.1) is 6.92 Å². The van der Waals surface area contributed by atoms with Crippen molar-refractivity contribution in [2.24, 2.45) is 0 Å². The van der Waals surface area contributed by atoms with Crippen molar-refractivity contribution < 1.29 is 4.74 Å². The van der Waals surface area contributed by atoms with Crippen molar-refractivity contribution in [2.45, 2.75) is 6.92 Å². The van der Waals surface area contributed by atoms with E-state index in [-0.39, 0.29) is 0 Å². The summed E-state index contributed by atoms with van der Waals surface area (Å²) >= 11 is 0. The number of fused-ring (bicyclic) bond motifs is 3. The van der Waals surface area contributed by atoms with Crippen LogP contribution in [0.5, 0.6) is 11.5 Å². The topological polar surface area (TPSA) is 27.1 Å². The maximum atomic E-state index is 6.32. The highest BCUT2D eigenvalue weighted by molar-refractivity contribution is 5.92. The molecule has 0 fully saturated rings. The number of nitrogens with zero attached hydrogens (tertiary/aromatic N) is 2. The van der Waals surface area contributed by atoms with E-state index >= 15 is 0 Å². The molecule has 33 heavy (non-hydrogen) atoms. The molecular weight excluding hydrogens is 404 g/mol. The smallest absolute Gasteiger partial charge is 0.153 e. The van der Waals surface area contributed by atoms with E-state index in [2.05, 4.69) is 89.5 Å². The second-order valence-corrected chi connectivity index (χ2v) is 8.55. The van der Waals surface area contributed by atoms with Crippen LogP contribution in [0.15, 0.2) is 103 Å². The second kappa shape index (κ2) is 6.81. The van der Waals surface area contributed by atoms with Crippen molar-refractivity contribution in [3.8, 4) is 39.4 Å². The van der Waals surface area contributed by atoms with Gasteiger partial charge in [0.1, 0.15) is 11.3 Å². The minimum absolute atomic E-state index is 0.852. The van der Waals surface area contributed by atoms with E-state index in [1.165, 1.54) is 27.5 Å². The molecule has 3 nitrogen and oxygen atoms in total. The van der Waals surface area contributed by atoms with Gasteiger partial charge in [0.05, 0.1) is 11.2 Å². The van der Waals surface area contributed by atoms with Gasteiger partial charge in [-0.05, 0) is 76.3 Å². The molecule has 0 bridgehead atoms. The highest BCUT2D eigenvalue weighted by atomic mass is 16.5. The first-order valence-corrected chi connectivity index (χ1v) is 11.1. The van der Waals surface area contributed by atoms with Crippen LogP contribution in [0.1, 0.15) is 5.82 Å². The van der Waals surface area contributed by atoms with Crippen LogP contribution < -0.4 is 4.74 Å². The number of imidazole rings is 1. The lowest BCUT2D eigenvalue weighted by Gasteiger charge is -2.21. The second-order valence-electron chi connectivity index (χ2n) is 8.55. The van der Waals surface area contributed by atoms with Gasteiger partial charge in [-0.25, -0.2) is 4.98 Å². The maximum Gasteiger partial charge on any atom is 0.153 e. The molecule has 5 aromatic carbocycles. The summed E-state index contributed by atoms with van der Waals surface area (Å²) in [5.74, 6) is 2.67. The number of para-hydroxylation sites is 1. The lowest BCUT2D eigenvalue weighted by molar-refractivity contribution is 0.475. The predicted molar refractivity (Wildman–Crippen MR) is 134 cm³/mol. The minimum atomic E-state index is 0.852. The SMILES string of the molecule is Cc1nc2cccc3c2n1-c1ccc(-c2ccc4cc(-c5ccccc5)ccc4c2)cc1O3. The summed E-state index contributed by atoms with van der Waals surface area (Å²) in [6.45, 7) is 2.04. The number of rotatable bonds is 2. The maximum absolute atomic E-state index is 6.32. The first-order chi connectivity index (χ1) is 16.2. The fourth-order valence-corrected chi connectivity index (χ4v) is 4.90. The van der Waals surface area contributed by atoms with Crippen LogP contribution >= 0.6 is 0 Å². The van der Waals surface area contributed by atoms with Crippen molar-refractivity contribution >= 4 is 21.8 Å². The van der Waals surface area contributed by atoms with Crippen LogP contribution in [0.4, 0.5) is 0 Å². The first-order valence-electron chi connectivity index (χ1n) is 11.1. The quantitative estimate of drug-likeness (QED) is 0.282. The van der Waals surface area contributed by atoms with E-state index in [4.69, 9.17) is 9.72 Å². The Hall–Kier alpha value is -4.37. The highest BCUT2D eigenvalue weighted by Crippen LogP contribution is 2.43. The normalized spacial score (nSPS) is 12.0. The molecule has 1 aliphatic rings. The highest BCUT2D eigenvalue weighted by Gasteiger charge is 2.23. The molecule has 1 aromatic heterocycles. The zero-order valence-corrected chi connectivity index (χ0v) is 18.1. The third-order valence-electron chi connectivity index (χ3n) is 6.51. The fourth-order valence-electron chi connectivity index (χ4n) is 4.90. The van der Waals surface area contributed by atoms with Crippen molar-refractivity contribution in [3.05, 3.63) is 109 Å². The monoisotopic (exact) mass is 424 g/mol. The summed E-state index contributed by atoms with van der Waals surface area (Å²) in [6, 6.07) is 36.3. The Balaban J connectivity index is 1.31. The molecule has 0 spiro atoms. The Morgan fingerprint density at radius 2 is 1.30 bits per heavy atom. The molecule has 156 valence electrons. The third-order valence-corrected chi connectivity index (χ3v) is 6.51. The summed E-state index contributed by atoms with van der Waals surface area (Å²) in [4.78, 5) is 4.71. The van der Waals surface area contributed by atoms with E-state index < -0.39 is 0 Å². The van der Waals surface area contributed by atoms with Crippen LogP contribution in [0.25, 0.3) is 49.7 Å². The Morgan fingerprint density at radius 1 is 0.606 bits per heavy atom. The van der Waals surface area contributed by atoms with Gasteiger partial charge >= 0.3 is 0 Å². The molecule has 0 unspecified atom stereocenters. The molecule has 7 rings (SSSR count). The predicted octanol–water partition coefficient (Wildman–Crippen LogP) is 7.93. The van der Waals surface area contributed by atoms with Crippen molar-refractivity contribution in [1.82, 2.24) is 9.55 Å². The van der Waals surface area contributed by atoms with Crippen LogP contribution in [-0.4, -0.2) is 9.55 Å². The van der Waals surface area contributed by atoms with Gasteiger partial charge in [-0.2, -0.15) is 0 Å². The van der Waals surface area contributed by atoms with Gasteiger partial charge < -0.3 is 4.74 Å².